The summed E-state index contributed by atoms with van der Waals surface area (Å²) in [5.74, 6) is -0.175. The Bertz CT molecular complexity index is 1230. The molecule has 2 fully saturated rings. The summed E-state index contributed by atoms with van der Waals surface area (Å²) >= 11 is 0. The van der Waals surface area contributed by atoms with E-state index in [1.54, 1.807) is 18.5 Å². The van der Waals surface area contributed by atoms with Crippen molar-refractivity contribution < 1.29 is 24.1 Å². The van der Waals surface area contributed by atoms with Gasteiger partial charge in [0.25, 0.3) is 0 Å². The summed E-state index contributed by atoms with van der Waals surface area (Å²) in [4.78, 5) is 29.3. The molecule has 11 heteroatoms. The standard InChI is InChI=1S/C29H41N5O5Si/c1-20-15-25(38-18-29(27(35)36)11-6-12-29)32-17-23(20)21-9-10-24(31-16-21)26(30)34-28(39-22-7-5-8-22)33-19-37-13-14-40(2,3)4/h9-10,15-17,22H,5-8,11-14,18-19H2,1-4H3,(H,35,36)(H2,30,33,34). The van der Waals surface area contributed by atoms with Crippen LogP contribution in [0, 0.1) is 12.3 Å². The Kier molecular flexibility index (Phi) is 9.57. The number of rotatable bonds is 12. The Morgan fingerprint density at radius 3 is 2.50 bits per heavy atom. The van der Waals surface area contributed by atoms with E-state index >= 15 is 0 Å². The van der Waals surface area contributed by atoms with Crippen LogP contribution in [0.15, 0.2) is 40.6 Å². The third-order valence-corrected chi connectivity index (χ3v) is 9.22. The number of carbonyl (C=O) groups is 1. The fourth-order valence-corrected chi connectivity index (χ4v) is 5.05. The fourth-order valence-electron chi connectivity index (χ4n) is 4.29. The lowest BCUT2D eigenvalue weighted by Crippen LogP contribution is -2.43. The van der Waals surface area contributed by atoms with Crippen molar-refractivity contribution in [2.45, 2.75) is 77.2 Å². The van der Waals surface area contributed by atoms with Gasteiger partial charge >= 0.3 is 12.0 Å². The van der Waals surface area contributed by atoms with Crippen molar-refractivity contribution in [3.63, 3.8) is 0 Å². The van der Waals surface area contributed by atoms with E-state index in [4.69, 9.17) is 19.9 Å². The second-order valence-electron chi connectivity index (χ2n) is 12.0. The highest BCUT2D eigenvalue weighted by atomic mass is 28.3. The zero-order valence-corrected chi connectivity index (χ0v) is 25.0. The SMILES string of the molecule is Cc1cc(OCC2(C(=O)O)CCC2)ncc1-c1ccc(C(N)=NC(=NCOCC[Si](C)(C)C)OC2CCC2)nc1. The maximum Gasteiger partial charge on any atom is 0.316 e. The van der Waals surface area contributed by atoms with E-state index in [1.165, 1.54) is 0 Å². The van der Waals surface area contributed by atoms with Gasteiger partial charge < -0.3 is 25.1 Å². The van der Waals surface area contributed by atoms with Gasteiger partial charge in [-0.05, 0) is 56.7 Å². The molecule has 2 aromatic heterocycles. The van der Waals surface area contributed by atoms with Gasteiger partial charge in [0.05, 0.1) is 0 Å². The third kappa shape index (κ3) is 7.88. The molecule has 2 aliphatic rings. The minimum atomic E-state index is -1.17. The van der Waals surface area contributed by atoms with Crippen LogP contribution in [0.3, 0.4) is 0 Å². The van der Waals surface area contributed by atoms with Crippen molar-refractivity contribution in [2.24, 2.45) is 21.1 Å². The topological polar surface area (TPSA) is 142 Å². The van der Waals surface area contributed by atoms with Gasteiger partial charge in [-0.3, -0.25) is 9.78 Å². The van der Waals surface area contributed by atoms with Gasteiger partial charge in [-0.25, -0.2) is 9.98 Å². The summed E-state index contributed by atoms with van der Waals surface area (Å²) in [5.41, 5.74) is 8.71. The molecule has 0 amide bonds. The van der Waals surface area contributed by atoms with E-state index in [-0.39, 0.29) is 31.3 Å². The second-order valence-corrected chi connectivity index (χ2v) is 17.6. The Hall–Kier alpha value is -3.31. The Labute approximate surface area is 237 Å². The van der Waals surface area contributed by atoms with Gasteiger partial charge in [-0.15, -0.1) is 0 Å². The van der Waals surface area contributed by atoms with Crippen molar-refractivity contribution in [3.8, 4) is 17.0 Å². The highest BCUT2D eigenvalue weighted by Crippen LogP contribution is 2.41. The number of aliphatic imine (C=N–C) groups is 2. The highest BCUT2D eigenvalue weighted by Gasteiger charge is 2.45. The largest absolute Gasteiger partial charge is 0.481 e. The van der Waals surface area contributed by atoms with Crippen molar-refractivity contribution in [2.75, 3.05) is 19.9 Å². The average molecular weight is 568 g/mol. The van der Waals surface area contributed by atoms with Gasteiger partial charge in [0.2, 0.25) is 5.88 Å². The summed E-state index contributed by atoms with van der Waals surface area (Å²) in [6.45, 7) is 9.86. The number of ether oxygens (including phenoxy) is 3. The fraction of sp³-hybridized carbons (Fsp3) is 0.552. The van der Waals surface area contributed by atoms with Crippen LogP contribution in [-0.4, -0.2) is 67.0 Å². The van der Waals surface area contributed by atoms with Crippen molar-refractivity contribution in [1.29, 1.82) is 0 Å². The van der Waals surface area contributed by atoms with Gasteiger partial charge in [-0.2, -0.15) is 4.99 Å². The van der Waals surface area contributed by atoms with Crippen LogP contribution in [0.2, 0.25) is 25.7 Å². The second kappa shape index (κ2) is 12.9. The van der Waals surface area contributed by atoms with Crippen LogP contribution >= 0.6 is 0 Å². The quantitative estimate of drug-likeness (QED) is 0.157. The molecule has 0 unspecified atom stereocenters. The van der Waals surface area contributed by atoms with Crippen molar-refractivity contribution >= 4 is 25.9 Å². The molecule has 40 heavy (non-hydrogen) atoms. The normalized spacial score (nSPS) is 17.6. The molecular weight excluding hydrogens is 526 g/mol. The number of amidine groups is 2. The smallest absolute Gasteiger partial charge is 0.316 e. The van der Waals surface area contributed by atoms with Crippen LogP contribution in [0.5, 0.6) is 5.88 Å². The number of hydrogen-bond acceptors (Lipinski definition) is 7. The molecule has 2 saturated carbocycles. The predicted molar refractivity (Wildman–Crippen MR) is 157 cm³/mol. The molecule has 2 aromatic rings. The molecule has 3 N–H and O–H groups in total. The maximum atomic E-state index is 11.6. The zero-order valence-electron chi connectivity index (χ0n) is 24.0. The molecule has 0 saturated heterocycles. The van der Waals surface area contributed by atoms with Gasteiger partial charge in [0.15, 0.2) is 5.84 Å². The molecule has 0 aromatic carbocycles. The molecule has 4 rings (SSSR count). The summed E-state index contributed by atoms with van der Waals surface area (Å²) in [7, 11) is -1.17. The molecule has 0 aliphatic heterocycles. The van der Waals surface area contributed by atoms with Crippen LogP contribution in [0.25, 0.3) is 11.1 Å². The summed E-state index contributed by atoms with van der Waals surface area (Å²) in [5, 5.41) is 9.51. The van der Waals surface area contributed by atoms with E-state index in [9.17, 15) is 9.90 Å². The molecule has 2 heterocycles. The summed E-state index contributed by atoms with van der Waals surface area (Å²) in [6.07, 6.45) is 8.83. The lowest BCUT2D eigenvalue weighted by Gasteiger charge is -2.36. The lowest BCUT2D eigenvalue weighted by atomic mass is 9.69. The molecule has 10 nitrogen and oxygen atoms in total. The molecule has 0 bridgehead atoms. The van der Waals surface area contributed by atoms with Crippen LogP contribution < -0.4 is 10.5 Å². The van der Waals surface area contributed by atoms with E-state index in [0.29, 0.717) is 31.0 Å². The molecule has 0 atom stereocenters. The maximum absolute atomic E-state index is 11.6. The minimum absolute atomic E-state index is 0.110. The number of carboxylic acids is 1. The Morgan fingerprint density at radius 2 is 1.95 bits per heavy atom. The van der Waals surface area contributed by atoms with Crippen molar-refractivity contribution in [1.82, 2.24) is 9.97 Å². The van der Waals surface area contributed by atoms with Gasteiger partial charge in [-0.1, -0.05) is 32.1 Å². The first-order valence-corrected chi connectivity index (χ1v) is 17.7. The van der Waals surface area contributed by atoms with E-state index < -0.39 is 19.5 Å². The molecule has 0 spiro atoms. The van der Waals surface area contributed by atoms with E-state index in [0.717, 1.165) is 48.4 Å². The first-order valence-electron chi connectivity index (χ1n) is 14.0. The van der Waals surface area contributed by atoms with E-state index in [2.05, 4.69) is 39.6 Å². The molecular formula is C29H41N5O5Si. The summed E-state index contributed by atoms with van der Waals surface area (Å²) in [6, 6.07) is 6.82. The zero-order chi connectivity index (χ0) is 28.8. The first kappa shape index (κ1) is 29.7. The number of nitrogens with zero attached hydrogens (tertiary/aromatic N) is 4. The number of hydrogen-bond donors (Lipinski definition) is 2. The number of aromatic nitrogens is 2. The highest BCUT2D eigenvalue weighted by molar-refractivity contribution is 6.76. The number of carboxylic acid groups (broad SMARTS) is 1. The molecule has 2 aliphatic carbocycles. The van der Waals surface area contributed by atoms with Crippen molar-refractivity contribution in [3.05, 3.63) is 41.9 Å². The average Bonchev–Trinajstić information content (AvgIpc) is 2.84. The van der Waals surface area contributed by atoms with Crippen LogP contribution in [-0.2, 0) is 14.3 Å². The van der Waals surface area contributed by atoms with Crippen LogP contribution in [0.4, 0.5) is 0 Å². The third-order valence-electron chi connectivity index (χ3n) is 7.51. The number of pyridine rings is 2. The number of nitrogens with two attached hydrogens (primary N) is 1. The Balaban J connectivity index is 1.40. The van der Waals surface area contributed by atoms with Gasteiger partial charge in [0, 0.05) is 44.3 Å². The number of aryl methyl sites for hydroxylation is 1. The molecule has 216 valence electrons. The predicted octanol–water partition coefficient (Wildman–Crippen LogP) is 5.03. The first-order chi connectivity index (χ1) is 19.0. The lowest BCUT2D eigenvalue weighted by molar-refractivity contribution is -0.157. The monoisotopic (exact) mass is 567 g/mol. The summed E-state index contributed by atoms with van der Waals surface area (Å²) < 4.78 is 17.4. The van der Waals surface area contributed by atoms with Gasteiger partial charge in [0.1, 0.15) is 30.6 Å². The Morgan fingerprint density at radius 1 is 1.18 bits per heavy atom. The number of aliphatic carboxylic acids is 1. The van der Waals surface area contributed by atoms with Crippen LogP contribution in [0.1, 0.15) is 49.8 Å². The minimum Gasteiger partial charge on any atom is -0.481 e. The molecule has 0 radical (unpaired) electrons. The van der Waals surface area contributed by atoms with E-state index in [1.807, 2.05) is 19.1 Å².